The van der Waals surface area contributed by atoms with Gasteiger partial charge in [0.2, 0.25) is 5.91 Å². The maximum Gasteiger partial charge on any atom is 0.253 e. The van der Waals surface area contributed by atoms with Crippen molar-refractivity contribution in [2.45, 2.75) is 26.2 Å². The zero-order chi connectivity index (χ0) is 18.8. The first-order chi connectivity index (χ1) is 13.1. The molecule has 4 rings (SSSR count). The number of nitrogens with zero attached hydrogens (tertiary/aromatic N) is 2. The quantitative estimate of drug-likeness (QED) is 0.834. The van der Waals surface area contributed by atoms with Gasteiger partial charge in [-0.05, 0) is 43.0 Å². The number of hydrogen-bond acceptors (Lipinski definition) is 2. The molecule has 0 aromatic heterocycles. The van der Waals surface area contributed by atoms with Crippen molar-refractivity contribution in [3.8, 4) is 11.1 Å². The Hall–Kier alpha value is -2.62. The van der Waals surface area contributed by atoms with Gasteiger partial charge < -0.3 is 9.80 Å². The Morgan fingerprint density at radius 3 is 2.11 bits per heavy atom. The van der Waals surface area contributed by atoms with E-state index in [1.165, 1.54) is 12.0 Å². The standard InChI is InChI=1S/C23H26N2O2/c1-17-5-2-8-19(15-17)20-9-4-10-21(16-20)23(27)25-13-11-24(12-14-25)22(26)18-6-3-7-18/h2,4-5,8-10,15-16,18H,3,6-7,11-14H2,1H3. The minimum absolute atomic E-state index is 0.0558. The molecule has 1 heterocycles. The number of piperazine rings is 1. The van der Waals surface area contributed by atoms with Gasteiger partial charge in [-0.3, -0.25) is 9.59 Å². The first-order valence-electron chi connectivity index (χ1n) is 9.87. The Morgan fingerprint density at radius 2 is 1.48 bits per heavy atom. The highest BCUT2D eigenvalue weighted by Crippen LogP contribution is 2.29. The van der Waals surface area contributed by atoms with Crippen LogP contribution >= 0.6 is 0 Å². The zero-order valence-electron chi connectivity index (χ0n) is 15.9. The lowest BCUT2D eigenvalue weighted by Gasteiger charge is -2.38. The summed E-state index contributed by atoms with van der Waals surface area (Å²) in [5.74, 6) is 0.577. The molecule has 1 aliphatic heterocycles. The van der Waals surface area contributed by atoms with Gasteiger partial charge in [-0.15, -0.1) is 0 Å². The molecule has 0 N–H and O–H groups in total. The van der Waals surface area contributed by atoms with Crippen molar-refractivity contribution in [2.75, 3.05) is 26.2 Å². The molecule has 0 unspecified atom stereocenters. The Morgan fingerprint density at radius 1 is 0.852 bits per heavy atom. The molecule has 2 amide bonds. The number of amides is 2. The normalized spacial score (nSPS) is 17.5. The van der Waals surface area contributed by atoms with Gasteiger partial charge in [-0.25, -0.2) is 0 Å². The van der Waals surface area contributed by atoms with E-state index in [9.17, 15) is 9.59 Å². The molecule has 0 bridgehead atoms. The van der Waals surface area contributed by atoms with E-state index < -0.39 is 0 Å². The summed E-state index contributed by atoms with van der Waals surface area (Å²) >= 11 is 0. The van der Waals surface area contributed by atoms with Crippen LogP contribution in [0.25, 0.3) is 11.1 Å². The first kappa shape index (κ1) is 17.8. The molecular formula is C23H26N2O2. The lowest BCUT2D eigenvalue weighted by atomic mass is 9.84. The van der Waals surface area contributed by atoms with Crippen molar-refractivity contribution in [1.82, 2.24) is 9.80 Å². The van der Waals surface area contributed by atoms with E-state index in [1.807, 2.05) is 40.1 Å². The molecule has 2 aromatic carbocycles. The topological polar surface area (TPSA) is 40.6 Å². The molecule has 27 heavy (non-hydrogen) atoms. The van der Waals surface area contributed by atoms with Gasteiger partial charge in [0.05, 0.1) is 0 Å². The van der Waals surface area contributed by atoms with Crippen LogP contribution < -0.4 is 0 Å². The van der Waals surface area contributed by atoms with Crippen molar-refractivity contribution in [1.29, 1.82) is 0 Å². The summed E-state index contributed by atoms with van der Waals surface area (Å²) < 4.78 is 0. The molecule has 4 nitrogen and oxygen atoms in total. The number of benzene rings is 2. The van der Waals surface area contributed by atoms with Gasteiger partial charge in [0.1, 0.15) is 0 Å². The third-order valence-corrected chi connectivity index (χ3v) is 5.79. The second kappa shape index (κ2) is 7.55. The van der Waals surface area contributed by atoms with Crippen molar-refractivity contribution in [3.05, 3.63) is 59.7 Å². The third kappa shape index (κ3) is 3.75. The molecule has 2 aliphatic rings. The largest absolute Gasteiger partial charge is 0.339 e. The zero-order valence-corrected chi connectivity index (χ0v) is 15.9. The molecule has 0 atom stereocenters. The number of rotatable bonds is 3. The summed E-state index contributed by atoms with van der Waals surface area (Å²) in [4.78, 5) is 29.1. The maximum absolute atomic E-state index is 13.0. The summed E-state index contributed by atoms with van der Waals surface area (Å²) in [6.45, 7) is 4.61. The van der Waals surface area contributed by atoms with E-state index in [1.54, 1.807) is 0 Å². The molecular weight excluding hydrogens is 336 g/mol. The van der Waals surface area contributed by atoms with E-state index in [2.05, 4.69) is 25.1 Å². The minimum Gasteiger partial charge on any atom is -0.339 e. The van der Waals surface area contributed by atoms with Crippen LogP contribution in [0.4, 0.5) is 0 Å². The minimum atomic E-state index is 0.0558. The van der Waals surface area contributed by atoms with E-state index in [4.69, 9.17) is 0 Å². The molecule has 2 aromatic rings. The smallest absolute Gasteiger partial charge is 0.253 e. The molecule has 0 spiro atoms. The summed E-state index contributed by atoms with van der Waals surface area (Å²) in [6.07, 6.45) is 3.24. The summed E-state index contributed by atoms with van der Waals surface area (Å²) in [5, 5.41) is 0. The van der Waals surface area contributed by atoms with E-state index in [0.717, 1.165) is 24.0 Å². The van der Waals surface area contributed by atoms with Crippen molar-refractivity contribution in [2.24, 2.45) is 5.92 Å². The lowest BCUT2D eigenvalue weighted by molar-refractivity contribution is -0.139. The third-order valence-electron chi connectivity index (χ3n) is 5.79. The number of carbonyl (C=O) groups is 2. The Kier molecular flexibility index (Phi) is 4.97. The fourth-order valence-corrected chi connectivity index (χ4v) is 3.88. The van der Waals surface area contributed by atoms with Crippen LogP contribution in [0.5, 0.6) is 0 Å². The molecule has 0 radical (unpaired) electrons. The highest BCUT2D eigenvalue weighted by Gasteiger charge is 2.32. The fraction of sp³-hybridized carbons (Fsp3) is 0.391. The first-order valence-corrected chi connectivity index (χ1v) is 9.87. The summed E-state index contributed by atoms with van der Waals surface area (Å²) in [6, 6.07) is 16.2. The predicted molar refractivity (Wildman–Crippen MR) is 106 cm³/mol. The molecule has 1 saturated heterocycles. The van der Waals surface area contributed by atoms with E-state index in [-0.39, 0.29) is 17.7 Å². The monoisotopic (exact) mass is 362 g/mol. The number of aryl methyl sites for hydroxylation is 1. The molecule has 1 aliphatic carbocycles. The van der Waals surface area contributed by atoms with Crippen LogP contribution in [0.2, 0.25) is 0 Å². The highest BCUT2D eigenvalue weighted by molar-refractivity contribution is 5.95. The van der Waals surface area contributed by atoms with Crippen LogP contribution in [0.1, 0.15) is 35.2 Å². The Balaban J connectivity index is 1.43. The van der Waals surface area contributed by atoms with E-state index in [0.29, 0.717) is 31.7 Å². The summed E-state index contributed by atoms with van der Waals surface area (Å²) in [7, 11) is 0. The lowest BCUT2D eigenvalue weighted by Crippen LogP contribution is -2.52. The number of hydrogen-bond donors (Lipinski definition) is 0. The molecule has 140 valence electrons. The molecule has 4 heteroatoms. The maximum atomic E-state index is 13.0. The van der Waals surface area contributed by atoms with Crippen LogP contribution in [0.15, 0.2) is 48.5 Å². The van der Waals surface area contributed by atoms with Crippen molar-refractivity contribution < 1.29 is 9.59 Å². The highest BCUT2D eigenvalue weighted by atomic mass is 16.2. The van der Waals surface area contributed by atoms with Gasteiger partial charge in [0, 0.05) is 37.7 Å². The SMILES string of the molecule is Cc1cccc(-c2cccc(C(=O)N3CCN(C(=O)C4CCC4)CC3)c2)c1. The van der Waals surface area contributed by atoms with Crippen molar-refractivity contribution in [3.63, 3.8) is 0 Å². The van der Waals surface area contributed by atoms with Crippen LogP contribution in [-0.4, -0.2) is 47.8 Å². The second-order valence-electron chi connectivity index (χ2n) is 7.70. The van der Waals surface area contributed by atoms with E-state index >= 15 is 0 Å². The Labute approximate surface area is 160 Å². The number of carbonyl (C=O) groups excluding carboxylic acids is 2. The molecule has 1 saturated carbocycles. The summed E-state index contributed by atoms with van der Waals surface area (Å²) in [5.41, 5.74) is 4.10. The predicted octanol–water partition coefficient (Wildman–Crippen LogP) is 3.75. The van der Waals surface area contributed by atoms with Gasteiger partial charge in [0.25, 0.3) is 5.91 Å². The van der Waals surface area contributed by atoms with Crippen LogP contribution in [0, 0.1) is 12.8 Å². The Bertz CT molecular complexity index is 849. The second-order valence-corrected chi connectivity index (χ2v) is 7.70. The van der Waals surface area contributed by atoms with Gasteiger partial charge in [-0.1, -0.05) is 48.4 Å². The van der Waals surface area contributed by atoms with Crippen LogP contribution in [0.3, 0.4) is 0 Å². The average molecular weight is 362 g/mol. The van der Waals surface area contributed by atoms with Crippen LogP contribution in [-0.2, 0) is 4.79 Å². The average Bonchev–Trinajstić information content (AvgIpc) is 2.66. The van der Waals surface area contributed by atoms with Crippen molar-refractivity contribution >= 4 is 11.8 Å². The fourth-order valence-electron chi connectivity index (χ4n) is 3.88. The van der Waals surface area contributed by atoms with Gasteiger partial charge in [-0.2, -0.15) is 0 Å². The van der Waals surface area contributed by atoms with Gasteiger partial charge >= 0.3 is 0 Å². The van der Waals surface area contributed by atoms with Gasteiger partial charge in [0.15, 0.2) is 0 Å². The molecule has 2 fully saturated rings.